The molecular weight excluding hydrogens is 170 g/mol. The zero-order chi connectivity index (χ0) is 9.19. The van der Waals surface area contributed by atoms with E-state index in [1.807, 2.05) is 0 Å². The lowest BCUT2D eigenvalue weighted by Crippen LogP contribution is -2.48. The number of amides is 1. The SMILES string of the molecule is NNC(=O)C(F)(F)OC1CCC1. The van der Waals surface area contributed by atoms with E-state index in [0.717, 1.165) is 6.42 Å². The maximum absolute atomic E-state index is 12.6. The van der Waals surface area contributed by atoms with E-state index in [1.165, 1.54) is 5.43 Å². The van der Waals surface area contributed by atoms with Gasteiger partial charge in [0.15, 0.2) is 0 Å². The molecule has 3 N–H and O–H groups in total. The molecule has 0 aromatic carbocycles. The fraction of sp³-hybridized carbons (Fsp3) is 0.833. The van der Waals surface area contributed by atoms with Gasteiger partial charge in [-0.25, -0.2) is 5.84 Å². The first-order valence-electron chi connectivity index (χ1n) is 3.63. The van der Waals surface area contributed by atoms with Crippen LogP contribution in [0.4, 0.5) is 8.78 Å². The number of ether oxygens (including phenoxy) is 1. The number of carbonyl (C=O) groups is 1. The van der Waals surface area contributed by atoms with Crippen molar-refractivity contribution in [1.29, 1.82) is 0 Å². The summed E-state index contributed by atoms with van der Waals surface area (Å²) in [5.41, 5.74) is 1.34. The Hall–Kier alpha value is -0.750. The lowest BCUT2D eigenvalue weighted by Gasteiger charge is -2.28. The van der Waals surface area contributed by atoms with Crippen molar-refractivity contribution in [2.45, 2.75) is 31.5 Å². The molecule has 0 radical (unpaired) electrons. The highest BCUT2D eigenvalue weighted by Crippen LogP contribution is 2.28. The number of hydrogen-bond acceptors (Lipinski definition) is 3. The van der Waals surface area contributed by atoms with Gasteiger partial charge in [-0.2, -0.15) is 8.78 Å². The highest BCUT2D eigenvalue weighted by molar-refractivity contribution is 5.81. The monoisotopic (exact) mass is 180 g/mol. The van der Waals surface area contributed by atoms with Crippen molar-refractivity contribution in [3.8, 4) is 0 Å². The van der Waals surface area contributed by atoms with Gasteiger partial charge in [0.25, 0.3) is 0 Å². The van der Waals surface area contributed by atoms with Crippen LogP contribution in [0.1, 0.15) is 19.3 Å². The molecule has 1 saturated carbocycles. The number of hydrazine groups is 1. The molecule has 1 rings (SSSR count). The van der Waals surface area contributed by atoms with Crippen LogP contribution in [0.25, 0.3) is 0 Å². The van der Waals surface area contributed by atoms with Gasteiger partial charge in [-0.1, -0.05) is 0 Å². The summed E-state index contributed by atoms with van der Waals surface area (Å²) in [7, 11) is 0. The zero-order valence-corrected chi connectivity index (χ0v) is 6.35. The van der Waals surface area contributed by atoms with Gasteiger partial charge < -0.3 is 4.74 Å². The van der Waals surface area contributed by atoms with Crippen molar-refractivity contribution < 1.29 is 18.3 Å². The Labute approximate surface area is 68.0 Å². The van der Waals surface area contributed by atoms with Crippen LogP contribution in [0.2, 0.25) is 0 Å². The Morgan fingerprint density at radius 2 is 2.17 bits per heavy atom. The van der Waals surface area contributed by atoms with Gasteiger partial charge in [0.1, 0.15) is 0 Å². The van der Waals surface area contributed by atoms with E-state index in [4.69, 9.17) is 0 Å². The summed E-state index contributed by atoms with van der Waals surface area (Å²) in [5, 5.41) is 0. The fourth-order valence-electron chi connectivity index (χ4n) is 0.835. The van der Waals surface area contributed by atoms with Crippen molar-refractivity contribution in [1.82, 2.24) is 5.43 Å². The molecule has 6 heteroatoms. The van der Waals surface area contributed by atoms with Gasteiger partial charge in [0.05, 0.1) is 6.10 Å². The molecule has 0 aliphatic heterocycles. The number of hydrogen-bond donors (Lipinski definition) is 2. The summed E-state index contributed by atoms with van der Waals surface area (Å²) in [6.07, 6.45) is -2.27. The molecular formula is C6H10F2N2O2. The number of nitrogens with two attached hydrogens (primary N) is 1. The molecule has 0 saturated heterocycles. The van der Waals surface area contributed by atoms with Gasteiger partial charge >= 0.3 is 12.0 Å². The topological polar surface area (TPSA) is 64.3 Å². The summed E-state index contributed by atoms with van der Waals surface area (Å²) in [5.74, 6) is 2.93. The quantitative estimate of drug-likeness (QED) is 0.369. The molecule has 0 aromatic rings. The molecule has 4 nitrogen and oxygen atoms in total. The molecule has 1 amide bonds. The number of alkyl halides is 2. The minimum absolute atomic E-state index is 0.503. The molecule has 0 unspecified atom stereocenters. The van der Waals surface area contributed by atoms with E-state index < -0.39 is 18.1 Å². The first kappa shape index (κ1) is 9.34. The maximum atomic E-state index is 12.6. The van der Waals surface area contributed by atoms with Gasteiger partial charge in [-0.15, -0.1) is 0 Å². The number of carbonyl (C=O) groups excluding carboxylic acids is 1. The minimum Gasteiger partial charge on any atom is -0.309 e. The minimum atomic E-state index is -3.79. The third-order valence-electron chi connectivity index (χ3n) is 1.76. The molecule has 0 bridgehead atoms. The second-order valence-corrected chi connectivity index (χ2v) is 2.66. The molecule has 1 aliphatic rings. The number of halogens is 2. The molecule has 1 aliphatic carbocycles. The van der Waals surface area contributed by atoms with E-state index in [1.54, 1.807) is 0 Å². The van der Waals surface area contributed by atoms with Gasteiger partial charge in [0, 0.05) is 0 Å². The fourth-order valence-corrected chi connectivity index (χ4v) is 0.835. The lowest BCUT2D eigenvalue weighted by atomic mass is 9.96. The van der Waals surface area contributed by atoms with Crippen LogP contribution < -0.4 is 11.3 Å². The predicted octanol–water partition coefficient (Wildman–Crippen LogP) is 0.138. The van der Waals surface area contributed by atoms with Crippen LogP contribution in [0.15, 0.2) is 0 Å². The van der Waals surface area contributed by atoms with Crippen molar-refractivity contribution in [2.75, 3.05) is 0 Å². The largest absolute Gasteiger partial charge is 0.438 e. The summed E-state index contributed by atoms with van der Waals surface area (Å²) >= 11 is 0. The van der Waals surface area contributed by atoms with Crippen LogP contribution in [0.3, 0.4) is 0 Å². The Bertz CT molecular complexity index is 182. The summed E-state index contributed by atoms with van der Waals surface area (Å²) < 4.78 is 29.4. The summed E-state index contributed by atoms with van der Waals surface area (Å²) in [6.45, 7) is 0. The highest BCUT2D eigenvalue weighted by atomic mass is 19.3. The molecule has 0 aromatic heterocycles. The first-order valence-corrected chi connectivity index (χ1v) is 3.63. The normalized spacial score (nSPS) is 18.6. The van der Waals surface area contributed by atoms with Crippen molar-refractivity contribution in [2.24, 2.45) is 5.84 Å². The van der Waals surface area contributed by atoms with Crippen molar-refractivity contribution in [3.05, 3.63) is 0 Å². The van der Waals surface area contributed by atoms with Crippen LogP contribution in [0, 0.1) is 0 Å². The van der Waals surface area contributed by atoms with Crippen LogP contribution in [0.5, 0.6) is 0 Å². The Morgan fingerprint density at radius 3 is 2.50 bits per heavy atom. The summed E-state index contributed by atoms with van der Waals surface area (Å²) in [4.78, 5) is 10.4. The van der Waals surface area contributed by atoms with E-state index in [9.17, 15) is 13.6 Å². The standard InChI is InChI=1S/C6H10F2N2O2/c7-6(8,5(11)10-9)12-4-2-1-3-4/h4H,1-3,9H2,(H,10,11). The molecule has 12 heavy (non-hydrogen) atoms. The second-order valence-electron chi connectivity index (χ2n) is 2.66. The van der Waals surface area contributed by atoms with Crippen LogP contribution in [-0.4, -0.2) is 18.1 Å². The second kappa shape index (κ2) is 3.32. The van der Waals surface area contributed by atoms with E-state index in [0.29, 0.717) is 12.8 Å². The lowest BCUT2D eigenvalue weighted by molar-refractivity contribution is -0.259. The maximum Gasteiger partial charge on any atom is 0.438 e. The average Bonchev–Trinajstić information content (AvgIpc) is 1.95. The average molecular weight is 180 g/mol. The van der Waals surface area contributed by atoms with Crippen LogP contribution >= 0.6 is 0 Å². The third-order valence-corrected chi connectivity index (χ3v) is 1.76. The van der Waals surface area contributed by atoms with E-state index in [2.05, 4.69) is 10.6 Å². The van der Waals surface area contributed by atoms with E-state index >= 15 is 0 Å². The Balaban J connectivity index is 2.40. The highest BCUT2D eigenvalue weighted by Gasteiger charge is 2.43. The third kappa shape index (κ3) is 1.89. The summed E-state index contributed by atoms with van der Waals surface area (Å²) in [6, 6.07) is 0. The van der Waals surface area contributed by atoms with Crippen molar-refractivity contribution >= 4 is 5.91 Å². The number of rotatable bonds is 3. The zero-order valence-electron chi connectivity index (χ0n) is 6.35. The smallest absolute Gasteiger partial charge is 0.309 e. The Morgan fingerprint density at radius 1 is 1.58 bits per heavy atom. The molecule has 70 valence electrons. The Kier molecular flexibility index (Phi) is 2.58. The molecule has 0 spiro atoms. The van der Waals surface area contributed by atoms with Crippen molar-refractivity contribution in [3.63, 3.8) is 0 Å². The predicted molar refractivity (Wildman–Crippen MR) is 36.0 cm³/mol. The van der Waals surface area contributed by atoms with Gasteiger partial charge in [-0.05, 0) is 19.3 Å². The number of nitrogens with one attached hydrogen (secondary N) is 1. The van der Waals surface area contributed by atoms with Gasteiger partial charge in [0.2, 0.25) is 0 Å². The van der Waals surface area contributed by atoms with Gasteiger partial charge in [-0.3, -0.25) is 10.2 Å². The first-order chi connectivity index (χ1) is 5.56. The van der Waals surface area contributed by atoms with E-state index in [-0.39, 0.29) is 0 Å². The molecule has 0 atom stereocenters. The molecule has 1 fully saturated rings. The molecule has 0 heterocycles. The van der Waals surface area contributed by atoms with Crippen LogP contribution in [-0.2, 0) is 9.53 Å².